The third kappa shape index (κ3) is 2.09. The average Bonchev–Trinajstić information content (AvgIpc) is 3.09. The number of H-pyrrole nitrogens is 2. The van der Waals surface area contributed by atoms with Gasteiger partial charge in [0.25, 0.3) is 0 Å². The van der Waals surface area contributed by atoms with Crippen molar-refractivity contribution in [2.45, 2.75) is 19.8 Å². The lowest BCUT2D eigenvalue weighted by molar-refractivity contribution is 0.836. The third-order valence-corrected chi connectivity index (χ3v) is 4.34. The molecule has 4 rings (SSSR count). The van der Waals surface area contributed by atoms with Gasteiger partial charge in [0.05, 0.1) is 16.1 Å². The van der Waals surface area contributed by atoms with Crippen molar-refractivity contribution in [1.29, 1.82) is 0 Å². The predicted octanol–water partition coefficient (Wildman–Crippen LogP) is 5.49. The van der Waals surface area contributed by atoms with Crippen LogP contribution in [0, 0.1) is 0 Å². The number of fused-ring (bicyclic) bond motifs is 2. The van der Waals surface area contributed by atoms with Crippen molar-refractivity contribution >= 4 is 33.5 Å². The fraction of sp³-hybridized carbons (Fsp3) is 0.167. The molecule has 0 aliphatic carbocycles. The van der Waals surface area contributed by atoms with Crippen molar-refractivity contribution in [3.05, 3.63) is 53.3 Å². The monoisotopic (exact) mass is 309 g/mol. The Bertz CT molecular complexity index is 946. The van der Waals surface area contributed by atoms with Gasteiger partial charge in [0.2, 0.25) is 0 Å². The first-order valence-electron chi connectivity index (χ1n) is 7.38. The Hall–Kier alpha value is -2.26. The van der Waals surface area contributed by atoms with Gasteiger partial charge in [-0.15, -0.1) is 0 Å². The van der Waals surface area contributed by atoms with E-state index < -0.39 is 0 Å². The molecule has 110 valence electrons. The first kappa shape index (κ1) is 13.4. The van der Waals surface area contributed by atoms with E-state index in [4.69, 9.17) is 11.6 Å². The van der Waals surface area contributed by atoms with Crippen LogP contribution in [-0.4, -0.2) is 15.0 Å². The minimum absolute atomic E-state index is 0.465. The van der Waals surface area contributed by atoms with Gasteiger partial charge in [-0.1, -0.05) is 25.4 Å². The van der Waals surface area contributed by atoms with Crippen molar-refractivity contribution in [3.63, 3.8) is 0 Å². The summed E-state index contributed by atoms with van der Waals surface area (Å²) in [6.07, 6.45) is 1.80. The SMILES string of the molecule is CC(C)c1cc2cc(Cl)c(-c3cc4ncccc4[nH]3)cc2[nH]1. The maximum atomic E-state index is 6.50. The van der Waals surface area contributed by atoms with Crippen LogP contribution in [0.5, 0.6) is 0 Å². The molecule has 0 saturated heterocycles. The topological polar surface area (TPSA) is 44.5 Å². The van der Waals surface area contributed by atoms with E-state index in [-0.39, 0.29) is 0 Å². The van der Waals surface area contributed by atoms with Gasteiger partial charge in [0.1, 0.15) is 0 Å². The summed E-state index contributed by atoms with van der Waals surface area (Å²) in [4.78, 5) is 11.2. The van der Waals surface area contributed by atoms with Crippen LogP contribution in [0.15, 0.2) is 42.6 Å². The van der Waals surface area contributed by atoms with E-state index in [1.165, 1.54) is 5.69 Å². The molecule has 3 nitrogen and oxygen atoms in total. The summed E-state index contributed by atoms with van der Waals surface area (Å²) in [7, 11) is 0. The molecule has 0 radical (unpaired) electrons. The van der Waals surface area contributed by atoms with Crippen molar-refractivity contribution in [2.24, 2.45) is 0 Å². The highest BCUT2D eigenvalue weighted by atomic mass is 35.5. The van der Waals surface area contributed by atoms with E-state index in [0.717, 1.165) is 38.2 Å². The highest BCUT2D eigenvalue weighted by Gasteiger charge is 2.12. The van der Waals surface area contributed by atoms with Crippen molar-refractivity contribution in [2.75, 3.05) is 0 Å². The number of nitrogens with zero attached hydrogens (tertiary/aromatic N) is 1. The average molecular weight is 310 g/mol. The van der Waals surface area contributed by atoms with Crippen molar-refractivity contribution in [1.82, 2.24) is 15.0 Å². The molecular formula is C18H16ClN3. The Morgan fingerprint density at radius 3 is 2.68 bits per heavy atom. The predicted molar refractivity (Wildman–Crippen MR) is 92.5 cm³/mol. The summed E-state index contributed by atoms with van der Waals surface area (Å²) in [6.45, 7) is 4.35. The first-order chi connectivity index (χ1) is 10.6. The smallest absolute Gasteiger partial charge is 0.0885 e. The second-order valence-corrected chi connectivity index (χ2v) is 6.33. The van der Waals surface area contributed by atoms with E-state index in [9.17, 15) is 0 Å². The van der Waals surface area contributed by atoms with E-state index >= 15 is 0 Å². The Kier molecular flexibility index (Phi) is 2.98. The standard InChI is InChI=1S/C18H16ClN3/c1-10(2)15-7-11-6-13(19)12(8-16(11)22-15)17-9-18-14(21-17)4-3-5-20-18/h3-10,21-22H,1-2H3. The first-order valence-corrected chi connectivity index (χ1v) is 7.76. The van der Waals surface area contributed by atoms with Gasteiger partial charge in [0.15, 0.2) is 0 Å². The lowest BCUT2D eigenvalue weighted by Crippen LogP contribution is -1.85. The summed E-state index contributed by atoms with van der Waals surface area (Å²) < 4.78 is 0. The van der Waals surface area contributed by atoms with Crippen LogP contribution < -0.4 is 0 Å². The number of halogens is 1. The van der Waals surface area contributed by atoms with Gasteiger partial charge >= 0.3 is 0 Å². The number of rotatable bonds is 2. The second-order valence-electron chi connectivity index (χ2n) is 5.92. The zero-order valence-corrected chi connectivity index (χ0v) is 13.2. The molecule has 0 saturated carbocycles. The number of benzene rings is 1. The lowest BCUT2D eigenvalue weighted by atomic mass is 10.1. The number of pyridine rings is 1. The van der Waals surface area contributed by atoms with E-state index in [1.54, 1.807) is 6.20 Å². The zero-order chi connectivity index (χ0) is 15.3. The molecule has 0 amide bonds. The van der Waals surface area contributed by atoms with Gasteiger partial charge in [-0.3, -0.25) is 4.98 Å². The van der Waals surface area contributed by atoms with Crippen LogP contribution in [0.3, 0.4) is 0 Å². The van der Waals surface area contributed by atoms with Crippen LogP contribution in [0.4, 0.5) is 0 Å². The summed E-state index contributed by atoms with van der Waals surface area (Å²) in [5.74, 6) is 0.465. The van der Waals surface area contributed by atoms with E-state index in [0.29, 0.717) is 5.92 Å². The van der Waals surface area contributed by atoms with E-state index in [1.807, 2.05) is 24.3 Å². The van der Waals surface area contributed by atoms with Gasteiger partial charge in [-0.2, -0.15) is 0 Å². The van der Waals surface area contributed by atoms with Crippen LogP contribution in [0.2, 0.25) is 5.02 Å². The number of hydrogen-bond donors (Lipinski definition) is 2. The highest BCUT2D eigenvalue weighted by molar-refractivity contribution is 6.34. The third-order valence-electron chi connectivity index (χ3n) is 4.03. The van der Waals surface area contributed by atoms with Gasteiger partial charge in [-0.05, 0) is 42.3 Å². The molecule has 0 spiro atoms. The molecule has 0 aliphatic heterocycles. The molecule has 3 heterocycles. The Morgan fingerprint density at radius 1 is 1.05 bits per heavy atom. The molecular weight excluding hydrogens is 294 g/mol. The number of aromatic nitrogens is 3. The number of nitrogens with one attached hydrogen (secondary N) is 2. The summed E-state index contributed by atoms with van der Waals surface area (Å²) >= 11 is 6.50. The minimum Gasteiger partial charge on any atom is -0.358 e. The molecule has 1 aromatic carbocycles. The molecule has 0 fully saturated rings. The van der Waals surface area contributed by atoms with Crippen LogP contribution in [0.25, 0.3) is 33.2 Å². The summed E-state index contributed by atoms with van der Waals surface area (Å²) in [5, 5.41) is 1.89. The van der Waals surface area contributed by atoms with Gasteiger partial charge in [-0.25, -0.2) is 0 Å². The van der Waals surface area contributed by atoms with Crippen molar-refractivity contribution in [3.8, 4) is 11.3 Å². The van der Waals surface area contributed by atoms with Crippen LogP contribution in [-0.2, 0) is 0 Å². The highest BCUT2D eigenvalue weighted by Crippen LogP contribution is 2.34. The number of aromatic amines is 2. The minimum atomic E-state index is 0.465. The zero-order valence-electron chi connectivity index (χ0n) is 12.4. The molecule has 3 aromatic heterocycles. The largest absolute Gasteiger partial charge is 0.358 e. The molecule has 4 heteroatoms. The van der Waals surface area contributed by atoms with E-state index in [2.05, 4.69) is 40.9 Å². The van der Waals surface area contributed by atoms with Crippen LogP contribution >= 0.6 is 11.6 Å². The van der Waals surface area contributed by atoms with Crippen molar-refractivity contribution < 1.29 is 0 Å². The van der Waals surface area contributed by atoms with Gasteiger partial charge < -0.3 is 9.97 Å². The number of hydrogen-bond acceptors (Lipinski definition) is 1. The molecule has 22 heavy (non-hydrogen) atoms. The maximum absolute atomic E-state index is 6.50. The van der Waals surface area contributed by atoms with Crippen LogP contribution in [0.1, 0.15) is 25.5 Å². The fourth-order valence-electron chi connectivity index (χ4n) is 2.79. The summed E-state index contributed by atoms with van der Waals surface area (Å²) in [5.41, 5.74) is 6.27. The maximum Gasteiger partial charge on any atom is 0.0885 e. The molecule has 0 bridgehead atoms. The Labute approximate surface area is 133 Å². The fourth-order valence-corrected chi connectivity index (χ4v) is 3.07. The lowest BCUT2D eigenvalue weighted by Gasteiger charge is -2.02. The Balaban J connectivity index is 1.91. The summed E-state index contributed by atoms with van der Waals surface area (Å²) in [6, 6.07) is 12.3. The molecule has 4 aromatic rings. The second kappa shape index (κ2) is 4.89. The molecule has 0 atom stereocenters. The quantitative estimate of drug-likeness (QED) is 0.505. The van der Waals surface area contributed by atoms with Gasteiger partial charge in [0, 0.05) is 34.1 Å². The molecule has 0 aliphatic rings. The molecule has 0 unspecified atom stereocenters. The normalized spacial score (nSPS) is 11.8. The molecule has 2 N–H and O–H groups in total. The Morgan fingerprint density at radius 2 is 1.91 bits per heavy atom.